The molecular formula is C9H10O6. The molecule has 6 heteroatoms. The minimum atomic E-state index is -1.58. The molecule has 0 amide bonds. The van der Waals surface area contributed by atoms with E-state index in [9.17, 15) is 14.4 Å². The van der Waals surface area contributed by atoms with Crippen LogP contribution in [0.5, 0.6) is 0 Å². The van der Waals surface area contributed by atoms with Crippen LogP contribution >= 0.6 is 0 Å². The average molecular weight is 214 g/mol. The van der Waals surface area contributed by atoms with Crippen molar-refractivity contribution in [1.29, 1.82) is 0 Å². The van der Waals surface area contributed by atoms with Crippen molar-refractivity contribution in [2.45, 2.75) is 13.8 Å². The van der Waals surface area contributed by atoms with Gasteiger partial charge in [-0.1, -0.05) is 13.8 Å². The Bertz CT molecular complexity index is 376. The average Bonchev–Trinajstić information content (AvgIpc) is 2.07. The summed E-state index contributed by atoms with van der Waals surface area (Å²) in [4.78, 5) is 32.8. The third kappa shape index (κ3) is 1.83. The fraction of sp³-hybridized carbons (Fsp3) is 0.444. The van der Waals surface area contributed by atoms with Crippen molar-refractivity contribution in [3.05, 3.63) is 11.1 Å². The Morgan fingerprint density at radius 1 is 1.27 bits per heavy atom. The number of aliphatic carboxylic acids is 2. The number of carbonyl (C=O) groups is 3. The number of hydrogen-bond acceptors (Lipinski definition) is 4. The number of carbonyl (C=O) groups excluding carboxylic acids is 1. The maximum absolute atomic E-state index is 11.1. The predicted octanol–water partition coefficient (Wildman–Crippen LogP) is 0.0352. The normalized spacial score (nSPS) is 19.7. The first kappa shape index (κ1) is 11.2. The lowest BCUT2D eigenvalue weighted by Crippen LogP contribution is -2.38. The first-order valence-electron chi connectivity index (χ1n) is 4.16. The van der Waals surface area contributed by atoms with Gasteiger partial charge in [0.15, 0.2) is 5.57 Å². The van der Waals surface area contributed by atoms with Crippen LogP contribution in [-0.2, 0) is 19.1 Å². The second kappa shape index (κ2) is 3.38. The lowest BCUT2D eigenvalue weighted by atomic mass is 9.80. The second-order valence-corrected chi connectivity index (χ2v) is 3.82. The van der Waals surface area contributed by atoms with E-state index < -0.39 is 34.5 Å². The van der Waals surface area contributed by atoms with Gasteiger partial charge in [-0.25, -0.2) is 14.4 Å². The largest absolute Gasteiger partial charge is 0.478 e. The van der Waals surface area contributed by atoms with E-state index in [1.807, 2.05) is 0 Å². The smallest absolute Gasteiger partial charge is 0.346 e. The van der Waals surface area contributed by atoms with Gasteiger partial charge in [0.2, 0.25) is 0 Å². The van der Waals surface area contributed by atoms with Crippen molar-refractivity contribution in [3.8, 4) is 0 Å². The van der Waals surface area contributed by atoms with Crippen LogP contribution in [0.15, 0.2) is 11.1 Å². The highest BCUT2D eigenvalue weighted by Crippen LogP contribution is 2.33. The maximum atomic E-state index is 11.1. The van der Waals surface area contributed by atoms with Crippen molar-refractivity contribution in [3.63, 3.8) is 0 Å². The molecule has 0 fully saturated rings. The Morgan fingerprint density at radius 3 is 2.13 bits per heavy atom. The molecule has 0 atom stereocenters. The van der Waals surface area contributed by atoms with Gasteiger partial charge in [-0.3, -0.25) is 0 Å². The van der Waals surface area contributed by atoms with E-state index >= 15 is 0 Å². The second-order valence-electron chi connectivity index (χ2n) is 3.82. The molecule has 0 aromatic heterocycles. The Balaban J connectivity index is 3.46. The Morgan fingerprint density at radius 2 is 1.80 bits per heavy atom. The van der Waals surface area contributed by atoms with Gasteiger partial charge in [0, 0.05) is 5.41 Å². The first-order valence-corrected chi connectivity index (χ1v) is 4.16. The molecule has 0 radical (unpaired) electrons. The molecule has 0 saturated carbocycles. The SMILES string of the molecule is CC1(C)COC(=O)C(C(=O)O)=C1C(=O)O. The van der Waals surface area contributed by atoms with Crippen molar-refractivity contribution in [2.75, 3.05) is 6.61 Å². The topological polar surface area (TPSA) is 101 Å². The molecular weight excluding hydrogens is 204 g/mol. The van der Waals surface area contributed by atoms with Gasteiger partial charge in [-0.05, 0) is 0 Å². The van der Waals surface area contributed by atoms with Crippen molar-refractivity contribution in [1.82, 2.24) is 0 Å². The minimum Gasteiger partial charge on any atom is -0.478 e. The van der Waals surface area contributed by atoms with E-state index in [0.717, 1.165) is 0 Å². The van der Waals surface area contributed by atoms with Crippen LogP contribution in [0.2, 0.25) is 0 Å². The monoisotopic (exact) mass is 214 g/mol. The summed E-state index contributed by atoms with van der Waals surface area (Å²) in [6, 6.07) is 0. The molecule has 1 rings (SSSR count). The van der Waals surface area contributed by atoms with Gasteiger partial charge in [0.05, 0.1) is 5.57 Å². The fourth-order valence-corrected chi connectivity index (χ4v) is 1.42. The molecule has 0 unspecified atom stereocenters. The van der Waals surface area contributed by atoms with Crippen LogP contribution in [0.3, 0.4) is 0 Å². The quantitative estimate of drug-likeness (QED) is 0.497. The van der Waals surface area contributed by atoms with E-state index in [-0.39, 0.29) is 6.61 Å². The maximum Gasteiger partial charge on any atom is 0.346 e. The number of hydrogen-bond donors (Lipinski definition) is 2. The van der Waals surface area contributed by atoms with Crippen LogP contribution in [0.25, 0.3) is 0 Å². The summed E-state index contributed by atoms with van der Waals surface area (Å²) >= 11 is 0. The summed E-state index contributed by atoms with van der Waals surface area (Å²) < 4.78 is 4.61. The van der Waals surface area contributed by atoms with E-state index in [1.165, 1.54) is 13.8 Å². The summed E-state index contributed by atoms with van der Waals surface area (Å²) in [5.74, 6) is -4.08. The number of carboxylic acid groups (broad SMARTS) is 2. The van der Waals surface area contributed by atoms with E-state index in [1.54, 1.807) is 0 Å². The molecule has 0 saturated heterocycles. The zero-order chi connectivity index (χ0) is 11.8. The minimum absolute atomic E-state index is 0.135. The molecule has 0 aromatic carbocycles. The third-order valence-corrected chi connectivity index (χ3v) is 2.12. The van der Waals surface area contributed by atoms with Gasteiger partial charge in [-0.15, -0.1) is 0 Å². The molecule has 0 aromatic rings. The van der Waals surface area contributed by atoms with E-state index in [0.29, 0.717) is 0 Å². The Hall–Kier alpha value is -1.85. The van der Waals surface area contributed by atoms with Gasteiger partial charge in [-0.2, -0.15) is 0 Å². The van der Waals surface area contributed by atoms with Crippen LogP contribution in [0.4, 0.5) is 0 Å². The molecule has 0 bridgehead atoms. The number of rotatable bonds is 2. The molecule has 1 aliphatic heterocycles. The van der Waals surface area contributed by atoms with Crippen LogP contribution in [-0.4, -0.2) is 34.7 Å². The van der Waals surface area contributed by atoms with E-state index in [2.05, 4.69) is 4.74 Å². The zero-order valence-corrected chi connectivity index (χ0v) is 8.23. The first-order chi connectivity index (χ1) is 6.77. The Kier molecular flexibility index (Phi) is 2.53. The summed E-state index contributed by atoms with van der Waals surface area (Å²) in [5.41, 5.74) is -2.20. The molecule has 1 aliphatic rings. The highest BCUT2D eigenvalue weighted by atomic mass is 16.5. The number of cyclic esters (lactones) is 1. The fourth-order valence-electron chi connectivity index (χ4n) is 1.42. The molecule has 0 aliphatic carbocycles. The lowest BCUT2D eigenvalue weighted by molar-refractivity contribution is -0.151. The summed E-state index contributed by atoms with van der Waals surface area (Å²) in [5, 5.41) is 17.6. The highest BCUT2D eigenvalue weighted by Gasteiger charge is 2.42. The predicted molar refractivity (Wildman–Crippen MR) is 47.0 cm³/mol. The lowest BCUT2D eigenvalue weighted by Gasteiger charge is -2.30. The van der Waals surface area contributed by atoms with E-state index in [4.69, 9.17) is 10.2 Å². The van der Waals surface area contributed by atoms with Gasteiger partial charge in [0.25, 0.3) is 0 Å². The summed E-state index contributed by atoms with van der Waals surface area (Å²) in [6.07, 6.45) is 0. The summed E-state index contributed by atoms with van der Waals surface area (Å²) in [7, 11) is 0. The molecule has 82 valence electrons. The molecule has 0 spiro atoms. The van der Waals surface area contributed by atoms with Crippen LogP contribution in [0, 0.1) is 5.41 Å². The summed E-state index contributed by atoms with van der Waals surface area (Å²) in [6.45, 7) is 2.88. The number of ether oxygens (including phenoxy) is 1. The number of esters is 1. The Labute approximate surface area is 85.1 Å². The van der Waals surface area contributed by atoms with Crippen LogP contribution < -0.4 is 0 Å². The molecule has 2 N–H and O–H groups in total. The third-order valence-electron chi connectivity index (χ3n) is 2.12. The highest BCUT2D eigenvalue weighted by molar-refractivity contribution is 6.19. The standard InChI is InChI=1S/C9H10O6/c1-9(2)3-15-8(14)4(6(10)11)5(9)7(12)13/h3H2,1-2H3,(H,10,11)(H,12,13). The van der Waals surface area contributed by atoms with Crippen LogP contribution in [0.1, 0.15) is 13.8 Å². The number of carboxylic acids is 2. The van der Waals surface area contributed by atoms with Crippen molar-refractivity contribution in [2.24, 2.45) is 5.41 Å². The molecule has 15 heavy (non-hydrogen) atoms. The van der Waals surface area contributed by atoms with Crippen molar-refractivity contribution >= 4 is 17.9 Å². The molecule has 6 nitrogen and oxygen atoms in total. The van der Waals surface area contributed by atoms with Gasteiger partial charge < -0.3 is 14.9 Å². The van der Waals surface area contributed by atoms with Crippen molar-refractivity contribution < 1.29 is 29.3 Å². The zero-order valence-electron chi connectivity index (χ0n) is 8.23. The van der Waals surface area contributed by atoms with Gasteiger partial charge >= 0.3 is 17.9 Å². The van der Waals surface area contributed by atoms with Gasteiger partial charge in [0.1, 0.15) is 6.61 Å². The molecule has 1 heterocycles.